The van der Waals surface area contributed by atoms with E-state index in [1.807, 2.05) is 11.3 Å². The van der Waals surface area contributed by atoms with E-state index >= 15 is 0 Å². The van der Waals surface area contributed by atoms with Crippen molar-refractivity contribution in [2.45, 2.75) is 51.0 Å². The predicted molar refractivity (Wildman–Crippen MR) is 92.2 cm³/mol. The van der Waals surface area contributed by atoms with E-state index in [4.69, 9.17) is 0 Å². The highest BCUT2D eigenvalue weighted by Gasteiger charge is 2.27. The number of fused-ring (bicyclic) bond motifs is 1. The topological polar surface area (TPSA) is 12.0 Å². The second-order valence-corrected chi connectivity index (χ2v) is 7.07. The van der Waals surface area contributed by atoms with Gasteiger partial charge in [-0.25, -0.2) is 0 Å². The second kappa shape index (κ2) is 7.24. The molecule has 0 fully saturated rings. The predicted octanol–water partition coefficient (Wildman–Crippen LogP) is 4.78. The summed E-state index contributed by atoms with van der Waals surface area (Å²) in [5, 5.41) is 6.02. The quantitative estimate of drug-likeness (QED) is 0.809. The number of aryl methyl sites for hydroxylation is 1. The first-order valence-electron chi connectivity index (χ1n) is 8.22. The first-order chi connectivity index (χ1) is 10.4. The van der Waals surface area contributed by atoms with Crippen molar-refractivity contribution in [1.29, 1.82) is 0 Å². The minimum atomic E-state index is 0.574. The fourth-order valence-corrected chi connectivity index (χ4v) is 4.31. The van der Waals surface area contributed by atoms with Gasteiger partial charge in [0, 0.05) is 10.9 Å². The van der Waals surface area contributed by atoms with Crippen LogP contribution in [0.1, 0.15) is 48.1 Å². The summed E-state index contributed by atoms with van der Waals surface area (Å²) >= 11 is 1.89. The second-order valence-electron chi connectivity index (χ2n) is 6.04. The van der Waals surface area contributed by atoms with Crippen molar-refractivity contribution < 1.29 is 0 Å². The molecule has 1 heterocycles. The summed E-state index contributed by atoms with van der Waals surface area (Å²) in [6, 6.07) is 14.1. The minimum absolute atomic E-state index is 0.574. The summed E-state index contributed by atoms with van der Waals surface area (Å²) in [4.78, 5) is 1.51. The summed E-state index contributed by atoms with van der Waals surface area (Å²) < 4.78 is 0. The van der Waals surface area contributed by atoms with E-state index in [9.17, 15) is 0 Å². The highest BCUT2D eigenvalue weighted by atomic mass is 32.1. The van der Waals surface area contributed by atoms with Crippen LogP contribution in [0.5, 0.6) is 0 Å². The number of hydrogen-bond acceptors (Lipinski definition) is 2. The van der Waals surface area contributed by atoms with Crippen molar-refractivity contribution >= 4 is 11.3 Å². The van der Waals surface area contributed by atoms with Crippen molar-refractivity contribution in [2.24, 2.45) is 0 Å². The molecule has 0 saturated heterocycles. The lowest BCUT2D eigenvalue weighted by molar-refractivity contribution is 0.391. The Kier molecular flexibility index (Phi) is 5.10. The molecule has 1 aromatic carbocycles. The average Bonchev–Trinajstić information content (AvgIpc) is 3.04. The Hall–Kier alpha value is -1.12. The van der Waals surface area contributed by atoms with Crippen LogP contribution in [0.15, 0.2) is 41.8 Å². The molecule has 21 heavy (non-hydrogen) atoms. The summed E-state index contributed by atoms with van der Waals surface area (Å²) in [6.45, 7) is 3.37. The van der Waals surface area contributed by atoms with Crippen molar-refractivity contribution in [3.8, 4) is 0 Å². The van der Waals surface area contributed by atoms with Gasteiger partial charge in [-0.2, -0.15) is 0 Å². The van der Waals surface area contributed by atoms with Crippen LogP contribution in [0.4, 0.5) is 0 Å². The zero-order valence-corrected chi connectivity index (χ0v) is 13.7. The summed E-state index contributed by atoms with van der Waals surface area (Å²) in [5.41, 5.74) is 3.16. The van der Waals surface area contributed by atoms with Crippen molar-refractivity contribution in [3.63, 3.8) is 0 Å². The maximum absolute atomic E-state index is 3.82. The van der Waals surface area contributed by atoms with Crippen molar-refractivity contribution in [2.75, 3.05) is 6.54 Å². The largest absolute Gasteiger partial charge is 0.313 e. The van der Waals surface area contributed by atoms with Crippen LogP contribution in [0.25, 0.3) is 0 Å². The molecule has 0 amide bonds. The van der Waals surface area contributed by atoms with Gasteiger partial charge in [0.25, 0.3) is 0 Å². The Bertz CT molecular complexity index is 546. The van der Waals surface area contributed by atoms with Gasteiger partial charge in [0.2, 0.25) is 0 Å². The molecule has 0 saturated carbocycles. The number of benzene rings is 1. The first-order valence-corrected chi connectivity index (χ1v) is 9.10. The SMILES string of the molecule is CCCNC(Cc1cccs1)C1CCCc2ccccc21. The molecular weight excluding hydrogens is 274 g/mol. The van der Waals surface area contributed by atoms with Gasteiger partial charge in [-0.1, -0.05) is 37.3 Å². The van der Waals surface area contributed by atoms with E-state index in [0.29, 0.717) is 12.0 Å². The van der Waals surface area contributed by atoms with Crippen LogP contribution in [0.2, 0.25) is 0 Å². The van der Waals surface area contributed by atoms with Gasteiger partial charge in [0.1, 0.15) is 0 Å². The minimum Gasteiger partial charge on any atom is -0.313 e. The molecule has 1 aromatic heterocycles. The number of rotatable bonds is 6. The summed E-state index contributed by atoms with van der Waals surface area (Å²) in [7, 11) is 0. The summed E-state index contributed by atoms with van der Waals surface area (Å²) in [6.07, 6.45) is 6.28. The molecular formula is C19H25NS. The Morgan fingerprint density at radius 3 is 2.95 bits per heavy atom. The van der Waals surface area contributed by atoms with Gasteiger partial charge >= 0.3 is 0 Å². The Morgan fingerprint density at radius 1 is 1.24 bits per heavy atom. The van der Waals surface area contributed by atoms with Gasteiger partial charge in [-0.05, 0) is 67.1 Å². The molecule has 0 bridgehead atoms. The molecule has 0 spiro atoms. The van der Waals surface area contributed by atoms with E-state index in [2.05, 4.69) is 54.0 Å². The number of hydrogen-bond donors (Lipinski definition) is 1. The van der Waals surface area contributed by atoms with Crippen molar-refractivity contribution in [3.05, 3.63) is 57.8 Å². The smallest absolute Gasteiger partial charge is 0.0184 e. The van der Waals surface area contributed by atoms with Crippen LogP contribution in [-0.2, 0) is 12.8 Å². The fourth-order valence-electron chi connectivity index (χ4n) is 3.54. The highest BCUT2D eigenvalue weighted by molar-refractivity contribution is 7.09. The molecule has 1 aliphatic rings. The third kappa shape index (κ3) is 3.56. The lowest BCUT2D eigenvalue weighted by Crippen LogP contribution is -2.38. The molecule has 0 radical (unpaired) electrons. The van der Waals surface area contributed by atoms with Gasteiger partial charge < -0.3 is 5.32 Å². The average molecular weight is 299 g/mol. The van der Waals surface area contributed by atoms with E-state index in [0.717, 1.165) is 13.0 Å². The van der Waals surface area contributed by atoms with Crippen LogP contribution < -0.4 is 5.32 Å². The third-order valence-corrected chi connectivity index (χ3v) is 5.46. The molecule has 2 atom stereocenters. The van der Waals surface area contributed by atoms with Crippen LogP contribution in [0, 0.1) is 0 Å². The molecule has 2 aromatic rings. The molecule has 112 valence electrons. The van der Waals surface area contributed by atoms with E-state index < -0.39 is 0 Å². The van der Waals surface area contributed by atoms with Crippen molar-refractivity contribution in [1.82, 2.24) is 5.32 Å². The first kappa shape index (κ1) is 14.8. The molecule has 1 nitrogen and oxygen atoms in total. The molecule has 3 rings (SSSR count). The van der Waals surface area contributed by atoms with Gasteiger partial charge in [0.15, 0.2) is 0 Å². The Balaban J connectivity index is 1.82. The van der Waals surface area contributed by atoms with E-state index in [1.165, 1.54) is 30.6 Å². The van der Waals surface area contributed by atoms with E-state index in [1.54, 1.807) is 11.1 Å². The maximum atomic E-state index is 3.82. The molecule has 1 aliphatic carbocycles. The van der Waals surface area contributed by atoms with Crippen LogP contribution in [-0.4, -0.2) is 12.6 Å². The zero-order chi connectivity index (χ0) is 14.5. The van der Waals surface area contributed by atoms with E-state index in [-0.39, 0.29) is 0 Å². The lowest BCUT2D eigenvalue weighted by atomic mass is 9.77. The van der Waals surface area contributed by atoms with Crippen LogP contribution >= 0.6 is 11.3 Å². The van der Waals surface area contributed by atoms with Gasteiger partial charge in [0.05, 0.1) is 0 Å². The maximum Gasteiger partial charge on any atom is 0.0184 e. The highest BCUT2D eigenvalue weighted by Crippen LogP contribution is 2.35. The van der Waals surface area contributed by atoms with Gasteiger partial charge in [-0.3, -0.25) is 0 Å². The standard InChI is InChI=1S/C19H25NS/c1-2-12-20-19(14-16-9-6-13-21-16)18-11-5-8-15-7-3-4-10-17(15)18/h3-4,6-7,9-10,13,18-20H,2,5,8,11-12,14H2,1H3. The normalized spacial score (nSPS) is 19.2. The molecule has 2 heteroatoms. The van der Waals surface area contributed by atoms with Crippen LogP contribution in [0.3, 0.4) is 0 Å². The number of thiophene rings is 1. The fraction of sp³-hybridized carbons (Fsp3) is 0.474. The molecule has 2 unspecified atom stereocenters. The monoisotopic (exact) mass is 299 g/mol. The number of nitrogens with one attached hydrogen (secondary N) is 1. The van der Waals surface area contributed by atoms with Gasteiger partial charge in [-0.15, -0.1) is 11.3 Å². The Labute approximate surface area is 132 Å². The summed E-state index contributed by atoms with van der Waals surface area (Å²) in [5.74, 6) is 0.670. The Morgan fingerprint density at radius 2 is 2.14 bits per heavy atom. The molecule has 0 aliphatic heterocycles. The zero-order valence-electron chi connectivity index (χ0n) is 12.8. The molecule has 1 N–H and O–H groups in total. The third-order valence-electron chi connectivity index (χ3n) is 4.56. The lowest BCUT2D eigenvalue weighted by Gasteiger charge is -2.33.